The Kier molecular flexibility index (Phi) is 5.72. The molecule has 0 aliphatic rings. The van der Waals surface area contributed by atoms with Crippen molar-refractivity contribution in [3.63, 3.8) is 0 Å². The van der Waals surface area contributed by atoms with Crippen molar-refractivity contribution < 1.29 is 13.2 Å². The van der Waals surface area contributed by atoms with Crippen molar-refractivity contribution in [3.05, 3.63) is 45.7 Å². The molecule has 1 heterocycles. The van der Waals surface area contributed by atoms with Gasteiger partial charge in [0.2, 0.25) is 15.0 Å². The molecule has 0 bridgehead atoms. The van der Waals surface area contributed by atoms with Crippen LogP contribution in [0.3, 0.4) is 0 Å². The number of nitrogens with one attached hydrogen (secondary N) is 1. The number of carbonyl (C=O) groups is 1. The normalized spacial score (nSPS) is 11.3. The Morgan fingerprint density at radius 3 is 2.57 bits per heavy atom. The molecule has 2 rings (SSSR count). The SMILES string of the molecule is CCCS(=O)(=O)c1ncc(Cl)c(C(=O)Nc2ccc(Br)cc2)n1. The predicted molar refractivity (Wildman–Crippen MR) is 91.5 cm³/mol. The lowest BCUT2D eigenvalue weighted by Gasteiger charge is -2.08. The molecular formula is C14H13BrClN3O3S. The van der Waals surface area contributed by atoms with Crippen molar-refractivity contribution in [2.45, 2.75) is 18.5 Å². The summed E-state index contributed by atoms with van der Waals surface area (Å²) in [5.74, 6) is -0.699. The average molecular weight is 419 g/mol. The summed E-state index contributed by atoms with van der Waals surface area (Å²) < 4.78 is 24.9. The average Bonchev–Trinajstić information content (AvgIpc) is 2.49. The van der Waals surface area contributed by atoms with Crippen LogP contribution in [0.4, 0.5) is 5.69 Å². The lowest BCUT2D eigenvalue weighted by molar-refractivity contribution is 0.102. The van der Waals surface area contributed by atoms with Gasteiger partial charge in [-0.1, -0.05) is 34.5 Å². The highest BCUT2D eigenvalue weighted by Crippen LogP contribution is 2.19. The molecule has 6 nitrogen and oxygen atoms in total. The summed E-state index contributed by atoms with van der Waals surface area (Å²) in [6, 6.07) is 6.89. The molecule has 122 valence electrons. The Morgan fingerprint density at radius 2 is 1.96 bits per heavy atom. The van der Waals surface area contributed by atoms with E-state index >= 15 is 0 Å². The van der Waals surface area contributed by atoms with E-state index in [2.05, 4.69) is 31.2 Å². The molecule has 0 spiro atoms. The molecule has 0 aliphatic heterocycles. The van der Waals surface area contributed by atoms with Gasteiger partial charge in [-0.15, -0.1) is 0 Å². The van der Waals surface area contributed by atoms with Crippen LogP contribution in [0.2, 0.25) is 5.02 Å². The summed E-state index contributed by atoms with van der Waals surface area (Å²) in [7, 11) is -3.63. The minimum Gasteiger partial charge on any atom is -0.321 e. The largest absolute Gasteiger partial charge is 0.321 e. The highest BCUT2D eigenvalue weighted by molar-refractivity contribution is 9.10. The molecule has 1 aromatic carbocycles. The van der Waals surface area contributed by atoms with Crippen LogP contribution in [0.25, 0.3) is 0 Å². The Bertz CT molecular complexity index is 826. The number of hydrogen-bond donors (Lipinski definition) is 1. The first-order chi connectivity index (χ1) is 10.8. The third kappa shape index (κ3) is 4.49. The molecule has 0 atom stereocenters. The summed E-state index contributed by atoms with van der Waals surface area (Å²) >= 11 is 9.21. The van der Waals surface area contributed by atoms with Crippen molar-refractivity contribution in [2.24, 2.45) is 0 Å². The smallest absolute Gasteiger partial charge is 0.275 e. The molecule has 0 unspecified atom stereocenters. The number of sulfone groups is 1. The first-order valence-electron chi connectivity index (χ1n) is 6.65. The van der Waals surface area contributed by atoms with Crippen LogP contribution in [0.1, 0.15) is 23.8 Å². The summed E-state index contributed by atoms with van der Waals surface area (Å²) in [6.07, 6.45) is 1.54. The van der Waals surface area contributed by atoms with Gasteiger partial charge in [0.15, 0.2) is 5.69 Å². The van der Waals surface area contributed by atoms with E-state index in [1.165, 1.54) is 0 Å². The number of halogens is 2. The third-order valence-corrected chi connectivity index (χ3v) is 5.29. The van der Waals surface area contributed by atoms with Gasteiger partial charge in [-0.2, -0.15) is 0 Å². The molecule has 0 aliphatic carbocycles. The van der Waals surface area contributed by atoms with Gasteiger partial charge in [0.25, 0.3) is 5.91 Å². The van der Waals surface area contributed by atoms with E-state index in [4.69, 9.17) is 11.6 Å². The Hall–Kier alpha value is -1.51. The zero-order valence-electron chi connectivity index (χ0n) is 12.1. The standard InChI is InChI=1S/C14H13BrClN3O3S/c1-2-7-23(21,22)14-17-8-11(16)12(19-14)13(20)18-10-5-3-9(15)4-6-10/h3-6,8H,2,7H2,1H3,(H,18,20). The number of hydrogen-bond acceptors (Lipinski definition) is 5. The number of benzene rings is 1. The van der Waals surface area contributed by atoms with Crippen LogP contribution in [0, 0.1) is 0 Å². The van der Waals surface area contributed by atoms with Crippen molar-refractivity contribution >= 4 is 49.0 Å². The van der Waals surface area contributed by atoms with E-state index in [1.807, 2.05) is 0 Å². The minimum atomic E-state index is -3.63. The quantitative estimate of drug-likeness (QED) is 0.752. The third-order valence-electron chi connectivity index (χ3n) is 2.79. The van der Waals surface area contributed by atoms with E-state index in [0.29, 0.717) is 12.1 Å². The summed E-state index contributed by atoms with van der Waals surface area (Å²) in [5.41, 5.74) is 0.352. The number of rotatable bonds is 5. The van der Waals surface area contributed by atoms with E-state index in [1.54, 1.807) is 31.2 Å². The van der Waals surface area contributed by atoms with Gasteiger partial charge in [0.1, 0.15) is 0 Å². The number of anilines is 1. The summed E-state index contributed by atoms with van der Waals surface area (Å²) in [6.45, 7) is 1.73. The molecule has 1 N–H and O–H groups in total. The van der Waals surface area contributed by atoms with Gasteiger partial charge in [0, 0.05) is 10.2 Å². The van der Waals surface area contributed by atoms with Crippen molar-refractivity contribution in [1.82, 2.24) is 9.97 Å². The van der Waals surface area contributed by atoms with Crippen LogP contribution in [-0.2, 0) is 9.84 Å². The van der Waals surface area contributed by atoms with Gasteiger partial charge in [0.05, 0.1) is 17.0 Å². The van der Waals surface area contributed by atoms with Gasteiger partial charge >= 0.3 is 0 Å². The highest BCUT2D eigenvalue weighted by Gasteiger charge is 2.21. The maximum absolute atomic E-state index is 12.3. The maximum Gasteiger partial charge on any atom is 0.275 e. The molecule has 2 aromatic rings. The van der Waals surface area contributed by atoms with Crippen LogP contribution in [0.15, 0.2) is 40.1 Å². The molecule has 1 amide bonds. The van der Waals surface area contributed by atoms with E-state index < -0.39 is 20.9 Å². The molecule has 1 aromatic heterocycles. The van der Waals surface area contributed by atoms with Crippen LogP contribution < -0.4 is 5.32 Å². The zero-order chi connectivity index (χ0) is 17.0. The fourth-order valence-electron chi connectivity index (χ4n) is 1.74. The molecule has 0 radical (unpaired) electrons. The number of nitrogens with zero attached hydrogens (tertiary/aromatic N) is 2. The Balaban J connectivity index is 2.31. The number of aromatic nitrogens is 2. The van der Waals surface area contributed by atoms with E-state index in [0.717, 1.165) is 10.7 Å². The Morgan fingerprint density at radius 1 is 1.30 bits per heavy atom. The number of amides is 1. The molecule has 0 saturated heterocycles. The van der Waals surface area contributed by atoms with Crippen molar-refractivity contribution in [2.75, 3.05) is 11.1 Å². The summed E-state index contributed by atoms with van der Waals surface area (Å²) in [4.78, 5) is 19.8. The fraction of sp³-hybridized carbons (Fsp3) is 0.214. The molecule has 0 saturated carbocycles. The second kappa shape index (κ2) is 7.37. The summed E-state index contributed by atoms with van der Waals surface area (Å²) in [5, 5.41) is 2.19. The molecule has 9 heteroatoms. The Labute approximate surface area is 147 Å². The maximum atomic E-state index is 12.3. The van der Waals surface area contributed by atoms with Gasteiger partial charge in [-0.05, 0) is 30.7 Å². The number of carbonyl (C=O) groups excluding carboxylic acids is 1. The van der Waals surface area contributed by atoms with Gasteiger partial charge in [-0.25, -0.2) is 18.4 Å². The van der Waals surface area contributed by atoms with Crippen LogP contribution >= 0.6 is 27.5 Å². The lowest BCUT2D eigenvalue weighted by atomic mass is 10.3. The van der Waals surface area contributed by atoms with E-state index in [9.17, 15) is 13.2 Å². The fourth-order valence-corrected chi connectivity index (χ4v) is 3.35. The van der Waals surface area contributed by atoms with Gasteiger partial charge in [-0.3, -0.25) is 4.79 Å². The first kappa shape index (κ1) is 17.8. The van der Waals surface area contributed by atoms with Crippen LogP contribution in [0.5, 0.6) is 0 Å². The predicted octanol–water partition coefficient (Wildman–Crippen LogP) is 3.33. The lowest BCUT2D eigenvalue weighted by Crippen LogP contribution is -2.18. The minimum absolute atomic E-state index is 0.0185. The molecular weight excluding hydrogens is 406 g/mol. The van der Waals surface area contributed by atoms with Crippen molar-refractivity contribution in [1.29, 1.82) is 0 Å². The van der Waals surface area contributed by atoms with Crippen LogP contribution in [-0.4, -0.2) is 30.0 Å². The second-order valence-electron chi connectivity index (χ2n) is 4.63. The molecule has 23 heavy (non-hydrogen) atoms. The first-order valence-corrected chi connectivity index (χ1v) is 9.48. The second-order valence-corrected chi connectivity index (χ2v) is 7.95. The highest BCUT2D eigenvalue weighted by atomic mass is 79.9. The van der Waals surface area contributed by atoms with E-state index in [-0.39, 0.29) is 16.5 Å². The zero-order valence-corrected chi connectivity index (χ0v) is 15.2. The molecule has 0 fully saturated rings. The monoisotopic (exact) mass is 417 g/mol. The van der Waals surface area contributed by atoms with Crippen molar-refractivity contribution in [3.8, 4) is 0 Å². The topological polar surface area (TPSA) is 89.0 Å². The van der Waals surface area contributed by atoms with Gasteiger partial charge < -0.3 is 5.32 Å².